The number of urea groups is 1. The molecule has 0 saturated heterocycles. The van der Waals surface area contributed by atoms with E-state index in [-0.39, 0.29) is 12.0 Å². The van der Waals surface area contributed by atoms with Crippen LogP contribution < -0.4 is 10.6 Å². The minimum atomic E-state index is -0.352. The van der Waals surface area contributed by atoms with E-state index in [1.807, 2.05) is 13.8 Å². The first kappa shape index (κ1) is 14.0. The van der Waals surface area contributed by atoms with Crippen molar-refractivity contribution in [2.45, 2.75) is 13.8 Å². The lowest BCUT2D eigenvalue weighted by molar-refractivity contribution is 0.0459. The summed E-state index contributed by atoms with van der Waals surface area (Å²) < 4.78 is 5.09. The molecule has 18 heavy (non-hydrogen) atoms. The number of amides is 2. The molecule has 0 spiro atoms. The molecule has 1 aromatic carbocycles. The first-order valence-corrected chi connectivity index (χ1v) is 5.79. The van der Waals surface area contributed by atoms with Gasteiger partial charge in [0.2, 0.25) is 0 Å². The van der Waals surface area contributed by atoms with Crippen molar-refractivity contribution < 1.29 is 14.3 Å². The van der Waals surface area contributed by atoms with Gasteiger partial charge in [0.25, 0.3) is 0 Å². The van der Waals surface area contributed by atoms with E-state index in [0.717, 1.165) is 0 Å². The molecule has 5 heteroatoms. The normalized spacial score (nSPS) is 10.0. The smallest absolute Gasteiger partial charge is 0.338 e. The molecular formula is C13H18N2O3. The SMILES string of the molecule is CNC(=O)Nc1ccc(C(=O)OCC(C)C)cc1. The minimum absolute atomic E-state index is 0.301. The largest absolute Gasteiger partial charge is 0.462 e. The Morgan fingerprint density at radius 1 is 1.22 bits per heavy atom. The average Bonchev–Trinajstić information content (AvgIpc) is 2.36. The van der Waals surface area contributed by atoms with E-state index in [1.54, 1.807) is 24.3 Å². The summed E-state index contributed by atoms with van der Waals surface area (Å²) in [5.74, 6) is -0.0432. The minimum Gasteiger partial charge on any atom is -0.462 e. The van der Waals surface area contributed by atoms with Gasteiger partial charge >= 0.3 is 12.0 Å². The van der Waals surface area contributed by atoms with Crippen LogP contribution in [-0.4, -0.2) is 25.7 Å². The molecule has 0 atom stereocenters. The Bertz CT molecular complexity index is 413. The zero-order chi connectivity index (χ0) is 13.5. The first-order valence-electron chi connectivity index (χ1n) is 5.79. The molecule has 0 aromatic heterocycles. The molecule has 0 fully saturated rings. The molecule has 0 bridgehead atoms. The van der Waals surface area contributed by atoms with E-state index in [2.05, 4.69) is 10.6 Å². The van der Waals surface area contributed by atoms with Gasteiger partial charge in [0, 0.05) is 12.7 Å². The maximum Gasteiger partial charge on any atom is 0.338 e. The van der Waals surface area contributed by atoms with Gasteiger partial charge in [-0.15, -0.1) is 0 Å². The number of hydrogen-bond acceptors (Lipinski definition) is 3. The van der Waals surface area contributed by atoms with Crippen molar-refractivity contribution >= 4 is 17.7 Å². The van der Waals surface area contributed by atoms with E-state index in [0.29, 0.717) is 23.8 Å². The van der Waals surface area contributed by atoms with Gasteiger partial charge < -0.3 is 15.4 Å². The monoisotopic (exact) mass is 250 g/mol. The molecule has 0 unspecified atom stereocenters. The number of nitrogens with one attached hydrogen (secondary N) is 2. The highest BCUT2D eigenvalue weighted by Crippen LogP contribution is 2.10. The van der Waals surface area contributed by atoms with Crippen LogP contribution in [0.25, 0.3) is 0 Å². The molecule has 0 aliphatic carbocycles. The molecule has 2 amide bonds. The van der Waals surface area contributed by atoms with Gasteiger partial charge in [-0.25, -0.2) is 9.59 Å². The molecule has 1 aromatic rings. The lowest BCUT2D eigenvalue weighted by Gasteiger charge is -2.08. The molecule has 0 aliphatic rings. The van der Waals surface area contributed by atoms with Crippen molar-refractivity contribution in [3.05, 3.63) is 29.8 Å². The van der Waals surface area contributed by atoms with Crippen LogP contribution in [0.3, 0.4) is 0 Å². The summed E-state index contributed by atoms with van der Waals surface area (Å²) in [6.45, 7) is 4.35. The van der Waals surface area contributed by atoms with Gasteiger partial charge in [0.1, 0.15) is 0 Å². The number of benzene rings is 1. The lowest BCUT2D eigenvalue weighted by atomic mass is 10.2. The number of anilines is 1. The van der Waals surface area contributed by atoms with E-state index in [9.17, 15) is 9.59 Å². The number of ether oxygens (including phenoxy) is 1. The Morgan fingerprint density at radius 3 is 2.33 bits per heavy atom. The van der Waals surface area contributed by atoms with Crippen molar-refractivity contribution in [1.82, 2.24) is 5.32 Å². The zero-order valence-corrected chi connectivity index (χ0v) is 10.8. The van der Waals surface area contributed by atoms with Gasteiger partial charge in [-0.2, -0.15) is 0 Å². The maximum atomic E-state index is 11.6. The summed E-state index contributed by atoms with van der Waals surface area (Å²) in [5.41, 5.74) is 1.09. The Morgan fingerprint density at radius 2 is 1.83 bits per heavy atom. The highest BCUT2D eigenvalue weighted by Gasteiger charge is 2.08. The van der Waals surface area contributed by atoms with Crippen LogP contribution in [0.4, 0.5) is 10.5 Å². The summed E-state index contributed by atoms with van der Waals surface area (Å²) >= 11 is 0. The Hall–Kier alpha value is -2.04. The third-order valence-corrected chi connectivity index (χ3v) is 2.15. The van der Waals surface area contributed by atoms with Crippen molar-refractivity contribution in [2.24, 2.45) is 5.92 Å². The summed E-state index contributed by atoms with van der Waals surface area (Å²) in [6.07, 6.45) is 0. The van der Waals surface area contributed by atoms with Gasteiger partial charge in [-0.3, -0.25) is 0 Å². The van der Waals surface area contributed by atoms with Crippen LogP contribution in [0.15, 0.2) is 24.3 Å². The number of carbonyl (C=O) groups excluding carboxylic acids is 2. The van der Waals surface area contributed by atoms with Gasteiger partial charge in [-0.1, -0.05) is 13.8 Å². The van der Waals surface area contributed by atoms with E-state index in [1.165, 1.54) is 7.05 Å². The number of rotatable bonds is 4. The Kier molecular flexibility index (Phi) is 5.17. The van der Waals surface area contributed by atoms with Crippen molar-refractivity contribution in [2.75, 3.05) is 19.0 Å². The second kappa shape index (κ2) is 6.64. The number of carbonyl (C=O) groups is 2. The molecule has 0 heterocycles. The van der Waals surface area contributed by atoms with Crippen LogP contribution in [0.1, 0.15) is 24.2 Å². The Labute approximate surface area is 107 Å². The molecule has 0 radical (unpaired) electrons. The summed E-state index contributed by atoms with van der Waals surface area (Å²) in [5, 5.41) is 5.05. The van der Waals surface area contributed by atoms with Crippen LogP contribution in [0, 0.1) is 5.92 Å². The number of esters is 1. The molecule has 2 N–H and O–H groups in total. The van der Waals surface area contributed by atoms with Crippen molar-refractivity contribution in [1.29, 1.82) is 0 Å². The lowest BCUT2D eigenvalue weighted by Crippen LogP contribution is -2.24. The van der Waals surface area contributed by atoms with Crippen molar-refractivity contribution in [3.63, 3.8) is 0 Å². The van der Waals surface area contributed by atoms with Gasteiger partial charge in [-0.05, 0) is 30.2 Å². The third-order valence-electron chi connectivity index (χ3n) is 2.15. The van der Waals surface area contributed by atoms with E-state index >= 15 is 0 Å². The quantitative estimate of drug-likeness (QED) is 0.805. The van der Waals surface area contributed by atoms with Crippen LogP contribution in [0.2, 0.25) is 0 Å². The topological polar surface area (TPSA) is 67.4 Å². The highest BCUT2D eigenvalue weighted by atomic mass is 16.5. The van der Waals surface area contributed by atoms with Crippen LogP contribution in [0.5, 0.6) is 0 Å². The van der Waals surface area contributed by atoms with Crippen LogP contribution in [-0.2, 0) is 4.74 Å². The fourth-order valence-electron chi connectivity index (χ4n) is 1.21. The molecular weight excluding hydrogens is 232 g/mol. The molecule has 0 aliphatic heterocycles. The van der Waals surface area contributed by atoms with E-state index < -0.39 is 0 Å². The standard InChI is InChI=1S/C13H18N2O3/c1-9(2)8-18-12(16)10-4-6-11(7-5-10)15-13(17)14-3/h4-7,9H,8H2,1-3H3,(H2,14,15,17). The molecule has 98 valence electrons. The maximum absolute atomic E-state index is 11.6. The fourth-order valence-corrected chi connectivity index (χ4v) is 1.21. The Balaban J connectivity index is 2.59. The fraction of sp³-hybridized carbons (Fsp3) is 0.385. The second-order valence-electron chi connectivity index (χ2n) is 4.27. The van der Waals surface area contributed by atoms with Crippen molar-refractivity contribution in [3.8, 4) is 0 Å². The first-order chi connectivity index (χ1) is 8.52. The highest BCUT2D eigenvalue weighted by molar-refractivity contribution is 5.92. The average molecular weight is 250 g/mol. The summed E-state index contributed by atoms with van der Waals surface area (Å²) in [7, 11) is 1.53. The molecule has 5 nitrogen and oxygen atoms in total. The zero-order valence-electron chi connectivity index (χ0n) is 10.8. The van der Waals surface area contributed by atoms with Crippen LogP contribution >= 0.6 is 0 Å². The predicted molar refractivity (Wildman–Crippen MR) is 69.6 cm³/mol. The molecule has 0 saturated carbocycles. The second-order valence-corrected chi connectivity index (χ2v) is 4.27. The summed E-state index contributed by atoms with van der Waals surface area (Å²) in [4.78, 5) is 22.7. The van der Waals surface area contributed by atoms with E-state index in [4.69, 9.17) is 4.74 Å². The number of hydrogen-bond donors (Lipinski definition) is 2. The predicted octanol–water partition coefficient (Wildman–Crippen LogP) is 2.25. The van der Waals surface area contributed by atoms with Gasteiger partial charge in [0.15, 0.2) is 0 Å². The summed E-state index contributed by atoms with van der Waals surface area (Å²) in [6, 6.07) is 6.25. The third kappa shape index (κ3) is 4.45. The molecule has 1 rings (SSSR count). The van der Waals surface area contributed by atoms with Gasteiger partial charge in [0.05, 0.1) is 12.2 Å².